The lowest BCUT2D eigenvalue weighted by Gasteiger charge is -2.22. The van der Waals surface area contributed by atoms with Crippen LogP contribution in [-0.2, 0) is 0 Å². The second-order valence-corrected chi connectivity index (χ2v) is 4.29. The number of nitrogens with one attached hydrogen (secondary N) is 1. The molecule has 2 N–H and O–H groups in total. The first-order valence-electron chi connectivity index (χ1n) is 5.69. The lowest BCUT2D eigenvalue weighted by molar-refractivity contribution is 0.0689. The lowest BCUT2D eigenvalue weighted by atomic mass is 9.95. The molecule has 2 rings (SSSR count). The highest BCUT2D eigenvalue weighted by Crippen LogP contribution is 2.25. The molecule has 1 aliphatic rings. The van der Waals surface area contributed by atoms with Crippen LogP contribution in [0.5, 0.6) is 0 Å². The van der Waals surface area contributed by atoms with Gasteiger partial charge in [0.15, 0.2) is 0 Å². The molecule has 0 aliphatic heterocycles. The number of aromatic amines is 1. The van der Waals surface area contributed by atoms with Crippen LogP contribution in [0.3, 0.4) is 0 Å². The van der Waals surface area contributed by atoms with Gasteiger partial charge in [-0.3, -0.25) is 9.36 Å². The Morgan fingerprint density at radius 1 is 1.29 bits per heavy atom. The quantitative estimate of drug-likeness (QED) is 0.794. The zero-order valence-corrected chi connectivity index (χ0v) is 9.31. The van der Waals surface area contributed by atoms with Gasteiger partial charge in [0.1, 0.15) is 5.69 Å². The summed E-state index contributed by atoms with van der Waals surface area (Å²) in [6.07, 6.45) is 4.72. The van der Waals surface area contributed by atoms with Crippen LogP contribution in [0.2, 0.25) is 0 Å². The number of carbonyl (C=O) groups is 1. The zero-order chi connectivity index (χ0) is 12.4. The second kappa shape index (κ2) is 4.57. The average molecular weight is 238 g/mol. The topological polar surface area (TPSA) is 92.2 Å². The predicted octanol–water partition coefficient (Wildman–Crippen LogP) is 0.740. The van der Waals surface area contributed by atoms with Crippen LogP contribution in [0.25, 0.3) is 0 Å². The first-order chi connectivity index (χ1) is 8.09. The minimum absolute atomic E-state index is 0.0946. The number of carboxylic acids is 1. The highest BCUT2D eigenvalue weighted by atomic mass is 16.4. The van der Waals surface area contributed by atoms with Gasteiger partial charge in [-0.05, 0) is 12.8 Å². The van der Waals surface area contributed by atoms with Gasteiger partial charge in [0.2, 0.25) is 0 Å². The molecule has 1 fully saturated rings. The first-order valence-corrected chi connectivity index (χ1v) is 5.69. The molecule has 0 aromatic carbocycles. The number of H-pyrrole nitrogens is 1. The van der Waals surface area contributed by atoms with E-state index < -0.39 is 17.2 Å². The minimum Gasteiger partial charge on any atom is -0.477 e. The number of nitrogens with zero attached hydrogens (tertiary/aromatic N) is 1. The summed E-state index contributed by atoms with van der Waals surface area (Å²) in [5, 5.41) is 8.72. The van der Waals surface area contributed by atoms with Crippen LogP contribution in [0.15, 0.2) is 15.7 Å². The van der Waals surface area contributed by atoms with Crippen molar-refractivity contribution in [1.29, 1.82) is 0 Å². The van der Waals surface area contributed by atoms with Crippen LogP contribution < -0.4 is 11.2 Å². The van der Waals surface area contributed by atoms with Crippen molar-refractivity contribution in [3.63, 3.8) is 0 Å². The molecule has 0 atom stereocenters. The Labute approximate surface area is 96.9 Å². The van der Waals surface area contributed by atoms with E-state index in [0.29, 0.717) is 0 Å². The van der Waals surface area contributed by atoms with Gasteiger partial charge in [-0.2, -0.15) is 0 Å². The molecular formula is C11H14N2O4. The summed E-state index contributed by atoms with van der Waals surface area (Å²) in [6, 6.07) is 0.876. The molecule has 1 aromatic rings. The van der Waals surface area contributed by atoms with Crippen LogP contribution >= 0.6 is 0 Å². The number of hydrogen-bond acceptors (Lipinski definition) is 3. The number of hydrogen-bond donors (Lipinski definition) is 2. The number of rotatable bonds is 2. The number of carboxylic acid groups (broad SMARTS) is 1. The van der Waals surface area contributed by atoms with E-state index in [2.05, 4.69) is 4.98 Å². The van der Waals surface area contributed by atoms with Crippen molar-refractivity contribution in [2.45, 2.75) is 38.1 Å². The normalized spacial score (nSPS) is 16.9. The fourth-order valence-electron chi connectivity index (χ4n) is 2.30. The van der Waals surface area contributed by atoms with E-state index in [-0.39, 0.29) is 11.7 Å². The smallest absolute Gasteiger partial charge is 0.352 e. The predicted molar refractivity (Wildman–Crippen MR) is 60.4 cm³/mol. The Bertz CT molecular complexity index is 506. The number of aromatic carboxylic acids is 1. The third kappa shape index (κ3) is 2.30. The summed E-state index contributed by atoms with van der Waals surface area (Å²) in [5.41, 5.74) is -1.51. The molecule has 1 heterocycles. The molecule has 1 aromatic heterocycles. The van der Waals surface area contributed by atoms with Crippen LogP contribution in [-0.4, -0.2) is 20.6 Å². The number of aromatic nitrogens is 2. The van der Waals surface area contributed by atoms with Gasteiger partial charge >= 0.3 is 11.7 Å². The molecular weight excluding hydrogens is 224 g/mol. The van der Waals surface area contributed by atoms with Gasteiger partial charge in [-0.15, -0.1) is 0 Å². The first kappa shape index (κ1) is 11.6. The molecule has 1 aliphatic carbocycles. The van der Waals surface area contributed by atoms with Crippen molar-refractivity contribution in [3.05, 3.63) is 32.6 Å². The molecule has 1 saturated carbocycles. The molecule has 6 nitrogen and oxygen atoms in total. The molecule has 0 amide bonds. The Hall–Kier alpha value is -1.85. The summed E-state index contributed by atoms with van der Waals surface area (Å²) in [5.74, 6) is -1.30. The average Bonchev–Trinajstić information content (AvgIpc) is 2.29. The van der Waals surface area contributed by atoms with E-state index in [4.69, 9.17) is 5.11 Å². The Morgan fingerprint density at radius 2 is 1.94 bits per heavy atom. The van der Waals surface area contributed by atoms with Gasteiger partial charge in [-0.1, -0.05) is 19.3 Å². The third-order valence-electron chi connectivity index (χ3n) is 3.14. The molecule has 0 saturated heterocycles. The maximum absolute atomic E-state index is 11.7. The lowest BCUT2D eigenvalue weighted by Crippen LogP contribution is -2.39. The largest absolute Gasteiger partial charge is 0.477 e. The zero-order valence-electron chi connectivity index (χ0n) is 9.31. The highest BCUT2D eigenvalue weighted by Gasteiger charge is 2.19. The van der Waals surface area contributed by atoms with Gasteiger partial charge < -0.3 is 10.1 Å². The van der Waals surface area contributed by atoms with Crippen molar-refractivity contribution in [2.24, 2.45) is 0 Å². The summed E-state index contributed by atoms with van der Waals surface area (Å²) in [4.78, 5) is 36.3. The molecule has 92 valence electrons. The van der Waals surface area contributed by atoms with Crippen molar-refractivity contribution >= 4 is 5.97 Å². The van der Waals surface area contributed by atoms with Gasteiger partial charge in [0.05, 0.1) is 0 Å². The van der Waals surface area contributed by atoms with E-state index in [1.165, 1.54) is 0 Å². The fourth-order valence-corrected chi connectivity index (χ4v) is 2.30. The Balaban J connectivity index is 2.44. The van der Waals surface area contributed by atoms with E-state index >= 15 is 0 Å². The highest BCUT2D eigenvalue weighted by molar-refractivity contribution is 5.84. The van der Waals surface area contributed by atoms with Crippen LogP contribution in [0.4, 0.5) is 0 Å². The molecule has 0 spiro atoms. The fraction of sp³-hybridized carbons (Fsp3) is 0.545. The Morgan fingerprint density at radius 3 is 2.47 bits per heavy atom. The van der Waals surface area contributed by atoms with Gasteiger partial charge in [-0.25, -0.2) is 9.59 Å². The summed E-state index contributed by atoms with van der Waals surface area (Å²) in [7, 11) is 0. The van der Waals surface area contributed by atoms with Crippen molar-refractivity contribution in [2.75, 3.05) is 0 Å². The van der Waals surface area contributed by atoms with Gasteiger partial charge in [0.25, 0.3) is 5.56 Å². The van der Waals surface area contributed by atoms with E-state index in [9.17, 15) is 14.4 Å². The minimum atomic E-state index is -1.30. The summed E-state index contributed by atoms with van der Waals surface area (Å²) < 4.78 is 1.14. The summed E-state index contributed by atoms with van der Waals surface area (Å²) >= 11 is 0. The maximum Gasteiger partial charge on any atom is 0.352 e. The van der Waals surface area contributed by atoms with Crippen molar-refractivity contribution in [3.8, 4) is 0 Å². The van der Waals surface area contributed by atoms with Crippen molar-refractivity contribution in [1.82, 2.24) is 9.55 Å². The van der Waals surface area contributed by atoms with Gasteiger partial charge in [0, 0.05) is 12.1 Å². The van der Waals surface area contributed by atoms with Crippen LogP contribution in [0.1, 0.15) is 48.6 Å². The maximum atomic E-state index is 11.7. The monoisotopic (exact) mass is 238 g/mol. The van der Waals surface area contributed by atoms with Crippen molar-refractivity contribution < 1.29 is 9.90 Å². The molecule has 17 heavy (non-hydrogen) atoms. The standard InChI is InChI=1S/C11H14N2O4/c14-9-6-8(10(15)16)12-11(17)13(9)7-4-2-1-3-5-7/h6-7H,1-5H2,(H,12,17)(H,15,16). The van der Waals surface area contributed by atoms with E-state index in [1.807, 2.05) is 0 Å². The SMILES string of the molecule is O=C(O)c1cc(=O)n(C2CCCCC2)c(=O)[nH]1. The Kier molecular flexibility index (Phi) is 3.12. The van der Waals surface area contributed by atoms with Crippen LogP contribution in [0, 0.1) is 0 Å². The summed E-state index contributed by atoms with van der Waals surface area (Å²) in [6.45, 7) is 0. The molecule has 0 unspecified atom stereocenters. The molecule has 6 heteroatoms. The van der Waals surface area contributed by atoms with E-state index in [1.54, 1.807) is 0 Å². The molecule has 0 radical (unpaired) electrons. The third-order valence-corrected chi connectivity index (χ3v) is 3.14. The second-order valence-electron chi connectivity index (χ2n) is 4.29. The molecule has 0 bridgehead atoms. The van der Waals surface area contributed by atoms with E-state index in [0.717, 1.165) is 42.7 Å².